The van der Waals surface area contributed by atoms with Crippen LogP contribution in [-0.2, 0) is 16.0 Å². The van der Waals surface area contributed by atoms with Gasteiger partial charge in [-0.05, 0) is 6.07 Å². The van der Waals surface area contributed by atoms with Gasteiger partial charge in [0.1, 0.15) is 6.79 Å². The molecule has 1 aliphatic heterocycles. The van der Waals surface area contributed by atoms with Crippen molar-refractivity contribution in [3.8, 4) is 11.3 Å². The first-order chi connectivity index (χ1) is 9.83. The number of aromatic nitrogens is 2. The Morgan fingerprint density at radius 1 is 1.10 bits per heavy atom. The van der Waals surface area contributed by atoms with Crippen molar-refractivity contribution in [3.63, 3.8) is 0 Å². The van der Waals surface area contributed by atoms with Crippen LogP contribution in [-0.4, -0.2) is 29.8 Å². The first-order valence-electron chi connectivity index (χ1n) is 6.62. The van der Waals surface area contributed by atoms with Gasteiger partial charge in [-0.2, -0.15) is 5.10 Å². The van der Waals surface area contributed by atoms with Crippen molar-refractivity contribution in [2.45, 2.75) is 6.54 Å². The summed E-state index contributed by atoms with van der Waals surface area (Å²) in [7, 11) is 0. The van der Waals surface area contributed by atoms with Crippen molar-refractivity contribution in [3.05, 3.63) is 52.8 Å². The number of hydrogen-bond donors (Lipinski definition) is 0. The van der Waals surface area contributed by atoms with Crippen LogP contribution in [0.1, 0.15) is 0 Å². The minimum Gasteiger partial charge on any atom is -0.355 e. The third-order valence-corrected chi connectivity index (χ3v) is 3.24. The second-order valence-corrected chi connectivity index (χ2v) is 4.83. The number of hydrogen-bond acceptors (Lipinski definition) is 4. The second-order valence-electron chi connectivity index (χ2n) is 4.83. The quantitative estimate of drug-likeness (QED) is 0.850. The lowest BCUT2D eigenvalue weighted by molar-refractivity contribution is -0.129. The van der Waals surface area contributed by atoms with E-state index in [2.05, 4.69) is 5.10 Å². The molecular formula is C15H16N2O3. The number of benzene rings is 1. The molecule has 2 aromatic rings. The van der Waals surface area contributed by atoms with Gasteiger partial charge in [0, 0.05) is 17.5 Å². The second kappa shape index (κ2) is 5.98. The van der Waals surface area contributed by atoms with Crippen LogP contribution in [0.25, 0.3) is 11.3 Å². The lowest BCUT2D eigenvalue weighted by Crippen LogP contribution is -2.33. The average molecular weight is 272 g/mol. The summed E-state index contributed by atoms with van der Waals surface area (Å²) >= 11 is 0. The Hall–Kier alpha value is -1.98. The fourth-order valence-corrected chi connectivity index (χ4v) is 2.23. The van der Waals surface area contributed by atoms with Crippen molar-refractivity contribution >= 4 is 0 Å². The Morgan fingerprint density at radius 3 is 2.60 bits per heavy atom. The Balaban J connectivity index is 1.85. The number of nitrogens with zero attached hydrogens (tertiary/aromatic N) is 2. The van der Waals surface area contributed by atoms with Gasteiger partial charge in [0.2, 0.25) is 0 Å². The molecule has 1 saturated heterocycles. The Labute approximate surface area is 116 Å². The maximum Gasteiger partial charge on any atom is 0.266 e. The molecule has 5 nitrogen and oxygen atoms in total. The van der Waals surface area contributed by atoms with E-state index in [-0.39, 0.29) is 11.5 Å². The van der Waals surface area contributed by atoms with Crippen LogP contribution in [0.15, 0.2) is 47.3 Å². The van der Waals surface area contributed by atoms with Crippen molar-refractivity contribution in [1.29, 1.82) is 0 Å². The third kappa shape index (κ3) is 2.95. The zero-order chi connectivity index (χ0) is 13.8. The zero-order valence-corrected chi connectivity index (χ0v) is 11.1. The van der Waals surface area contributed by atoms with E-state index in [1.807, 2.05) is 30.3 Å². The lowest BCUT2D eigenvalue weighted by Gasteiger charge is -2.22. The topological polar surface area (TPSA) is 53.4 Å². The molecule has 1 aromatic heterocycles. The molecule has 104 valence electrons. The molecule has 0 saturated carbocycles. The molecule has 1 fully saturated rings. The maximum atomic E-state index is 11.9. The van der Waals surface area contributed by atoms with Crippen LogP contribution in [0.2, 0.25) is 0 Å². The van der Waals surface area contributed by atoms with Gasteiger partial charge < -0.3 is 9.47 Å². The molecule has 0 N–H and O–H groups in total. The van der Waals surface area contributed by atoms with Gasteiger partial charge in [-0.1, -0.05) is 30.3 Å². The first-order valence-corrected chi connectivity index (χ1v) is 6.62. The molecule has 0 amide bonds. The minimum absolute atomic E-state index is 0.102. The summed E-state index contributed by atoms with van der Waals surface area (Å²) in [6.45, 7) is 2.05. The predicted molar refractivity (Wildman–Crippen MR) is 74.2 cm³/mol. The summed E-state index contributed by atoms with van der Waals surface area (Å²) < 4.78 is 12.0. The Bertz CT molecular complexity index is 619. The molecule has 5 heteroatoms. The smallest absolute Gasteiger partial charge is 0.266 e. The van der Waals surface area contributed by atoms with E-state index in [0.29, 0.717) is 26.6 Å². The van der Waals surface area contributed by atoms with Gasteiger partial charge in [-0.3, -0.25) is 4.79 Å². The highest BCUT2D eigenvalue weighted by Crippen LogP contribution is 2.14. The van der Waals surface area contributed by atoms with E-state index >= 15 is 0 Å². The molecule has 3 rings (SSSR count). The highest BCUT2D eigenvalue weighted by molar-refractivity contribution is 5.57. The van der Waals surface area contributed by atoms with E-state index in [9.17, 15) is 4.79 Å². The summed E-state index contributed by atoms with van der Waals surface area (Å²) in [4.78, 5) is 11.9. The van der Waals surface area contributed by atoms with Crippen LogP contribution >= 0.6 is 0 Å². The SMILES string of the molecule is O=c1ccc(-c2ccccc2)nn1CC1COCOC1. The van der Waals surface area contributed by atoms with Crippen LogP contribution in [0.4, 0.5) is 0 Å². The monoisotopic (exact) mass is 272 g/mol. The predicted octanol–water partition coefficient (Wildman–Crippen LogP) is 1.53. The van der Waals surface area contributed by atoms with Crippen molar-refractivity contribution in [2.24, 2.45) is 5.92 Å². The van der Waals surface area contributed by atoms with E-state index in [4.69, 9.17) is 9.47 Å². The fraction of sp³-hybridized carbons (Fsp3) is 0.333. The lowest BCUT2D eigenvalue weighted by atomic mass is 10.1. The highest BCUT2D eigenvalue weighted by atomic mass is 16.7. The third-order valence-electron chi connectivity index (χ3n) is 3.24. The van der Waals surface area contributed by atoms with Crippen LogP contribution < -0.4 is 5.56 Å². The van der Waals surface area contributed by atoms with E-state index < -0.39 is 0 Å². The summed E-state index contributed by atoms with van der Waals surface area (Å²) in [5, 5.41) is 4.43. The Kier molecular flexibility index (Phi) is 3.90. The first kappa shape index (κ1) is 13.0. The van der Waals surface area contributed by atoms with Crippen molar-refractivity contribution in [1.82, 2.24) is 9.78 Å². The standard InChI is InChI=1S/C15H16N2O3/c18-15-7-6-14(13-4-2-1-3-5-13)16-17(15)8-12-9-19-11-20-10-12/h1-7,12H,8-11H2. The fourth-order valence-electron chi connectivity index (χ4n) is 2.23. The molecule has 0 unspecified atom stereocenters. The molecule has 1 aromatic carbocycles. The van der Waals surface area contributed by atoms with E-state index in [0.717, 1.165) is 11.3 Å². The molecule has 0 aliphatic carbocycles. The minimum atomic E-state index is -0.102. The molecule has 1 aliphatic rings. The van der Waals surface area contributed by atoms with E-state index in [1.54, 1.807) is 12.1 Å². The molecule has 20 heavy (non-hydrogen) atoms. The summed E-state index contributed by atoms with van der Waals surface area (Å²) in [6.07, 6.45) is 0. The summed E-state index contributed by atoms with van der Waals surface area (Å²) in [5.74, 6) is 0.167. The molecule has 0 atom stereocenters. The summed E-state index contributed by atoms with van der Waals surface area (Å²) in [5.41, 5.74) is 1.69. The van der Waals surface area contributed by atoms with Crippen LogP contribution in [0.5, 0.6) is 0 Å². The zero-order valence-electron chi connectivity index (χ0n) is 11.1. The Morgan fingerprint density at radius 2 is 1.85 bits per heavy atom. The summed E-state index contributed by atoms with van der Waals surface area (Å²) in [6, 6.07) is 13.1. The van der Waals surface area contributed by atoms with Gasteiger partial charge in [0.15, 0.2) is 0 Å². The molecule has 2 heterocycles. The van der Waals surface area contributed by atoms with Crippen LogP contribution in [0, 0.1) is 5.92 Å². The van der Waals surface area contributed by atoms with Crippen molar-refractivity contribution < 1.29 is 9.47 Å². The molecule has 0 spiro atoms. The number of ether oxygens (including phenoxy) is 2. The molecule has 0 bridgehead atoms. The largest absolute Gasteiger partial charge is 0.355 e. The number of rotatable bonds is 3. The maximum absolute atomic E-state index is 11.9. The van der Waals surface area contributed by atoms with Crippen LogP contribution in [0.3, 0.4) is 0 Å². The van der Waals surface area contributed by atoms with Gasteiger partial charge in [-0.15, -0.1) is 0 Å². The van der Waals surface area contributed by atoms with Gasteiger partial charge in [0.05, 0.1) is 25.5 Å². The van der Waals surface area contributed by atoms with Gasteiger partial charge in [0.25, 0.3) is 5.56 Å². The highest BCUT2D eigenvalue weighted by Gasteiger charge is 2.16. The molecular weight excluding hydrogens is 256 g/mol. The van der Waals surface area contributed by atoms with E-state index in [1.165, 1.54) is 4.68 Å². The van der Waals surface area contributed by atoms with Crippen molar-refractivity contribution in [2.75, 3.05) is 20.0 Å². The molecule has 0 radical (unpaired) electrons. The average Bonchev–Trinajstić information content (AvgIpc) is 2.51. The normalized spacial score (nSPS) is 16.2. The van der Waals surface area contributed by atoms with Gasteiger partial charge in [-0.25, -0.2) is 4.68 Å². The van der Waals surface area contributed by atoms with Gasteiger partial charge >= 0.3 is 0 Å².